The highest BCUT2D eigenvalue weighted by Gasteiger charge is 2.48. The van der Waals surface area contributed by atoms with Crippen LogP contribution in [0.5, 0.6) is 0 Å². The van der Waals surface area contributed by atoms with Gasteiger partial charge >= 0.3 is 0 Å². The van der Waals surface area contributed by atoms with Gasteiger partial charge in [0.15, 0.2) is 0 Å². The quantitative estimate of drug-likeness (QED) is 0.127. The maximum Gasteiger partial charge on any atom is 0.123 e. The summed E-state index contributed by atoms with van der Waals surface area (Å²) < 4.78 is 29.8. The monoisotopic (exact) mass is 1050 g/mol. The summed E-state index contributed by atoms with van der Waals surface area (Å²) in [5.74, 6) is -0.589. The second-order valence-electron chi connectivity index (χ2n) is 21.4. The van der Waals surface area contributed by atoms with Crippen molar-refractivity contribution >= 4 is 44.9 Å². The first-order valence-corrected chi connectivity index (χ1v) is 27.9. The second-order valence-corrected chi connectivity index (χ2v) is 21.4. The van der Waals surface area contributed by atoms with Crippen molar-refractivity contribution in [1.82, 2.24) is 0 Å². The zero-order valence-corrected chi connectivity index (χ0v) is 44.7. The molecule has 0 unspecified atom stereocenters. The number of benzene rings is 13. The summed E-state index contributed by atoms with van der Waals surface area (Å²) in [6, 6.07) is 110. The first-order valence-electron chi connectivity index (χ1n) is 27.9. The highest BCUT2D eigenvalue weighted by atomic mass is 19.1. The third-order valence-corrected chi connectivity index (χ3v) is 17.1. The first kappa shape index (κ1) is 48.7. The van der Waals surface area contributed by atoms with Crippen molar-refractivity contribution in [3.63, 3.8) is 0 Å². The number of nitrogens with zero attached hydrogens (tertiary/aromatic N) is 2. The van der Waals surface area contributed by atoms with E-state index < -0.39 is 10.8 Å². The van der Waals surface area contributed by atoms with Gasteiger partial charge in [0, 0.05) is 33.8 Å². The lowest BCUT2D eigenvalue weighted by Crippen LogP contribution is -2.28. The van der Waals surface area contributed by atoms with Crippen molar-refractivity contribution in [3.05, 3.63) is 372 Å². The van der Waals surface area contributed by atoms with E-state index in [2.05, 4.69) is 277 Å². The number of hydrogen-bond donors (Lipinski definition) is 0. The normalized spacial score (nSPS) is 13.2. The molecule has 2 aliphatic rings. The van der Waals surface area contributed by atoms with Gasteiger partial charge < -0.3 is 9.80 Å². The molecule has 2 nitrogen and oxygen atoms in total. The van der Waals surface area contributed by atoms with Crippen LogP contribution >= 0.6 is 0 Å². The zero-order chi connectivity index (χ0) is 54.8. The smallest absolute Gasteiger partial charge is 0.123 e. The van der Waals surface area contributed by atoms with Crippen molar-refractivity contribution in [2.24, 2.45) is 0 Å². The van der Waals surface area contributed by atoms with E-state index in [0.717, 1.165) is 56.0 Å². The molecule has 15 rings (SSSR count). The lowest BCUT2D eigenvalue weighted by molar-refractivity contribution is 0.627. The molecule has 4 heteroatoms. The van der Waals surface area contributed by atoms with E-state index in [1.807, 2.05) is 24.3 Å². The van der Waals surface area contributed by atoms with E-state index >= 15 is 0 Å². The van der Waals surface area contributed by atoms with Crippen LogP contribution in [0.1, 0.15) is 44.5 Å². The van der Waals surface area contributed by atoms with Gasteiger partial charge in [-0.1, -0.05) is 224 Å². The summed E-state index contributed by atoms with van der Waals surface area (Å²) in [6.45, 7) is 0. The van der Waals surface area contributed by atoms with Gasteiger partial charge in [0.2, 0.25) is 0 Å². The van der Waals surface area contributed by atoms with Crippen LogP contribution in [0.15, 0.2) is 315 Å². The molecule has 0 radical (unpaired) electrons. The molecule has 0 saturated heterocycles. The van der Waals surface area contributed by atoms with E-state index in [9.17, 15) is 8.78 Å². The Bertz CT molecular complexity index is 4430. The summed E-state index contributed by atoms with van der Waals surface area (Å²) in [4.78, 5) is 4.51. The van der Waals surface area contributed by atoms with Gasteiger partial charge in [-0.25, -0.2) is 8.78 Å². The van der Waals surface area contributed by atoms with Crippen LogP contribution in [0.25, 0.3) is 44.2 Å². The van der Waals surface area contributed by atoms with Crippen molar-refractivity contribution in [1.29, 1.82) is 0 Å². The van der Waals surface area contributed by atoms with E-state index in [-0.39, 0.29) is 11.6 Å². The fraction of sp³-hybridized carbons (Fsp3) is 0.0256. The Morgan fingerprint density at radius 3 is 1.01 bits per heavy atom. The largest absolute Gasteiger partial charge is 0.310 e. The summed E-state index contributed by atoms with van der Waals surface area (Å²) in [6.07, 6.45) is 0. The molecule has 0 aliphatic heterocycles. The second kappa shape index (κ2) is 19.7. The molecule has 13 aromatic carbocycles. The number of rotatable bonds is 11. The zero-order valence-electron chi connectivity index (χ0n) is 44.7. The molecule has 13 aromatic rings. The molecular formula is C78H52F2N2. The predicted octanol–water partition coefficient (Wildman–Crippen LogP) is 20.5. The lowest BCUT2D eigenvalue weighted by Gasteiger charge is -2.35. The Labute approximate surface area is 476 Å². The lowest BCUT2D eigenvalue weighted by atomic mass is 9.67. The SMILES string of the molecule is Fc1ccc(N(c2ccc(-c3ccc(N(c4ccc(F)cc4)c4ccc5c(c4)C(c4ccccc4)(c4ccccc4)c4ccccc4-5)c4ccccc34)cc2)c2ccc3c(c2)C(c2ccccc2)(c2ccccc2)c2ccccc2-3)cc1. The molecular weight excluding hydrogens is 1000 g/mol. The van der Waals surface area contributed by atoms with Crippen LogP contribution in [-0.4, -0.2) is 0 Å². The molecule has 2 aliphatic carbocycles. The molecule has 0 heterocycles. The third-order valence-electron chi connectivity index (χ3n) is 17.1. The van der Waals surface area contributed by atoms with Crippen molar-refractivity contribution in [2.45, 2.75) is 10.8 Å². The van der Waals surface area contributed by atoms with Gasteiger partial charge in [0.1, 0.15) is 11.6 Å². The van der Waals surface area contributed by atoms with Crippen molar-refractivity contribution < 1.29 is 8.78 Å². The van der Waals surface area contributed by atoms with Crippen LogP contribution < -0.4 is 9.80 Å². The van der Waals surface area contributed by atoms with Crippen LogP contribution in [0, 0.1) is 11.6 Å². The van der Waals surface area contributed by atoms with E-state index in [1.54, 1.807) is 12.1 Å². The maximum absolute atomic E-state index is 15.0. The standard InChI is InChI=1S/C78H52F2N2/c79-58-35-41-61(42-36-58)81(63-45-47-69-67-28-15-17-31-72(67)77(74(69)51-63,54-19-5-1-6-20-54)55-21-7-2-8-22-55)60-39-33-53(34-40-60)65-49-50-76(71-30-14-13-27-66(65)71)82(62-43-37-59(80)38-44-62)64-46-48-70-68-29-16-18-32-73(68)78(75(70)52-64,56-23-9-3-10-24-56)57-25-11-4-12-26-57/h1-52H. The molecule has 0 fully saturated rings. The summed E-state index contributed by atoms with van der Waals surface area (Å²) >= 11 is 0. The van der Waals surface area contributed by atoms with Crippen molar-refractivity contribution in [3.8, 4) is 33.4 Å². The molecule has 0 saturated carbocycles. The van der Waals surface area contributed by atoms with Crippen molar-refractivity contribution in [2.75, 3.05) is 9.80 Å². The van der Waals surface area contributed by atoms with Gasteiger partial charge in [-0.3, -0.25) is 0 Å². The average Bonchev–Trinajstić information content (AvgIpc) is 2.12. The third kappa shape index (κ3) is 7.59. The topological polar surface area (TPSA) is 6.48 Å². The molecule has 0 bridgehead atoms. The molecule has 0 aromatic heterocycles. The van der Waals surface area contributed by atoms with Crippen LogP contribution in [0.3, 0.4) is 0 Å². The Morgan fingerprint density at radius 1 is 0.232 bits per heavy atom. The fourth-order valence-corrected chi connectivity index (χ4v) is 13.7. The molecule has 0 amide bonds. The summed E-state index contributed by atoms with van der Waals surface area (Å²) in [7, 11) is 0. The highest BCUT2D eigenvalue weighted by Crippen LogP contribution is 2.59. The maximum atomic E-state index is 15.0. The Kier molecular flexibility index (Phi) is 11.7. The number of anilines is 6. The summed E-state index contributed by atoms with van der Waals surface area (Å²) in [5.41, 5.74) is 20.8. The number of fused-ring (bicyclic) bond motifs is 7. The Morgan fingerprint density at radius 2 is 0.561 bits per heavy atom. The molecule has 0 atom stereocenters. The molecule has 82 heavy (non-hydrogen) atoms. The summed E-state index contributed by atoms with van der Waals surface area (Å²) in [5, 5.41) is 2.12. The number of hydrogen-bond acceptors (Lipinski definition) is 2. The molecule has 0 spiro atoms. The van der Waals surface area contributed by atoms with Gasteiger partial charge in [0.05, 0.1) is 16.5 Å². The minimum Gasteiger partial charge on any atom is -0.310 e. The van der Waals surface area contributed by atoms with Gasteiger partial charge in [-0.2, -0.15) is 0 Å². The number of halogens is 2. The molecule has 388 valence electrons. The fourth-order valence-electron chi connectivity index (χ4n) is 13.7. The highest BCUT2D eigenvalue weighted by molar-refractivity contribution is 6.07. The molecule has 0 N–H and O–H groups in total. The Hall–Kier alpha value is -10.4. The first-order chi connectivity index (χ1) is 40.5. The average molecular weight is 1060 g/mol. The van der Waals surface area contributed by atoms with Gasteiger partial charge in [0.25, 0.3) is 0 Å². The van der Waals surface area contributed by atoms with E-state index in [0.29, 0.717) is 0 Å². The minimum absolute atomic E-state index is 0.293. The van der Waals surface area contributed by atoms with Crippen LogP contribution in [0.2, 0.25) is 0 Å². The van der Waals surface area contributed by atoms with Gasteiger partial charge in [-0.15, -0.1) is 0 Å². The van der Waals surface area contributed by atoms with Crippen LogP contribution in [0.4, 0.5) is 42.9 Å². The minimum atomic E-state index is -0.607. The van der Waals surface area contributed by atoms with Crippen LogP contribution in [-0.2, 0) is 10.8 Å². The van der Waals surface area contributed by atoms with E-state index in [4.69, 9.17) is 0 Å². The van der Waals surface area contributed by atoms with Gasteiger partial charge in [-0.05, 0) is 174 Å². The predicted molar refractivity (Wildman–Crippen MR) is 333 cm³/mol. The van der Waals surface area contributed by atoms with E-state index in [1.165, 1.54) is 78.9 Å². The Balaban J connectivity index is 0.864.